The van der Waals surface area contributed by atoms with Gasteiger partial charge in [-0.15, -0.1) is 0 Å². The van der Waals surface area contributed by atoms with Gasteiger partial charge in [-0.25, -0.2) is 0 Å². The van der Waals surface area contributed by atoms with E-state index >= 15 is 0 Å². The molecule has 1 heteroatoms. The fraction of sp³-hybridized carbons (Fsp3) is 1.00. The highest BCUT2D eigenvalue weighted by Crippen LogP contribution is 2.39. The highest BCUT2D eigenvalue weighted by molar-refractivity contribution is 4.83. The lowest BCUT2D eigenvalue weighted by Crippen LogP contribution is -2.34. The van der Waals surface area contributed by atoms with Gasteiger partial charge in [-0.05, 0) is 50.5 Å². The molecule has 1 N–H and O–H groups in total. The summed E-state index contributed by atoms with van der Waals surface area (Å²) in [5.74, 6) is 3.12. The van der Waals surface area contributed by atoms with Crippen LogP contribution >= 0.6 is 0 Å². The Hall–Kier alpha value is -0.0400. The van der Waals surface area contributed by atoms with Crippen molar-refractivity contribution in [3.05, 3.63) is 0 Å². The Bertz CT molecular complexity index is 182. The lowest BCUT2D eigenvalue weighted by molar-refractivity contribution is 0.156. The van der Waals surface area contributed by atoms with Gasteiger partial charge in [0.05, 0.1) is 0 Å². The number of hydrogen-bond acceptors (Lipinski definition) is 1. The molecule has 2 unspecified atom stereocenters. The highest BCUT2D eigenvalue weighted by atomic mass is 14.9. The van der Waals surface area contributed by atoms with Crippen molar-refractivity contribution in [1.29, 1.82) is 0 Å². The molecule has 0 aliphatic heterocycles. The van der Waals surface area contributed by atoms with Gasteiger partial charge >= 0.3 is 0 Å². The zero-order valence-electron chi connectivity index (χ0n) is 10.5. The second-order valence-electron chi connectivity index (χ2n) is 5.93. The molecule has 0 heterocycles. The van der Waals surface area contributed by atoms with Gasteiger partial charge in [0.2, 0.25) is 0 Å². The van der Waals surface area contributed by atoms with Crippen molar-refractivity contribution < 1.29 is 0 Å². The van der Waals surface area contributed by atoms with Crippen LogP contribution in [0.4, 0.5) is 0 Å². The maximum absolute atomic E-state index is 3.48. The van der Waals surface area contributed by atoms with Gasteiger partial charge in [0, 0.05) is 6.04 Å². The molecule has 2 atom stereocenters. The van der Waals surface area contributed by atoms with E-state index in [1.807, 2.05) is 0 Å². The molecule has 0 aromatic rings. The second-order valence-corrected chi connectivity index (χ2v) is 5.93. The predicted molar refractivity (Wildman–Crippen MR) is 65.9 cm³/mol. The first-order valence-electron chi connectivity index (χ1n) is 6.97. The summed E-state index contributed by atoms with van der Waals surface area (Å²) in [6.07, 6.45) is 11.9. The SMILES string of the molecule is CNC1CCCC(C2CCC(C)CC2)C1. The van der Waals surface area contributed by atoms with Crippen molar-refractivity contribution in [2.75, 3.05) is 7.05 Å². The molecule has 0 radical (unpaired) electrons. The Morgan fingerprint density at radius 1 is 0.867 bits per heavy atom. The Morgan fingerprint density at radius 2 is 1.60 bits per heavy atom. The molecule has 0 aromatic heterocycles. The molecule has 2 rings (SSSR count). The summed E-state index contributed by atoms with van der Waals surface area (Å²) >= 11 is 0. The molecule has 0 spiro atoms. The standard InChI is InChI=1S/C14H27N/c1-11-6-8-12(9-7-11)13-4-3-5-14(10-13)15-2/h11-15H,3-10H2,1-2H3. The number of nitrogens with one attached hydrogen (secondary N) is 1. The average Bonchev–Trinajstić information content (AvgIpc) is 2.30. The predicted octanol–water partition coefficient (Wildman–Crippen LogP) is 3.59. The highest BCUT2D eigenvalue weighted by Gasteiger charge is 2.29. The van der Waals surface area contributed by atoms with Crippen LogP contribution in [0.3, 0.4) is 0 Å². The van der Waals surface area contributed by atoms with Gasteiger partial charge in [-0.2, -0.15) is 0 Å². The molecule has 2 fully saturated rings. The lowest BCUT2D eigenvalue weighted by Gasteiger charge is -2.37. The van der Waals surface area contributed by atoms with Crippen LogP contribution in [0.2, 0.25) is 0 Å². The molecule has 2 saturated carbocycles. The van der Waals surface area contributed by atoms with E-state index in [4.69, 9.17) is 0 Å². The van der Waals surface area contributed by atoms with Gasteiger partial charge < -0.3 is 5.32 Å². The van der Waals surface area contributed by atoms with Crippen LogP contribution in [-0.4, -0.2) is 13.1 Å². The molecule has 1 nitrogen and oxygen atoms in total. The molecule has 0 amide bonds. The molecule has 88 valence electrons. The molecular weight excluding hydrogens is 182 g/mol. The summed E-state index contributed by atoms with van der Waals surface area (Å²) in [7, 11) is 2.13. The van der Waals surface area contributed by atoms with E-state index in [9.17, 15) is 0 Å². The minimum absolute atomic E-state index is 0.822. The summed E-state index contributed by atoms with van der Waals surface area (Å²) in [5, 5.41) is 3.48. The molecule has 2 aliphatic rings. The summed E-state index contributed by atoms with van der Waals surface area (Å²) < 4.78 is 0. The minimum Gasteiger partial charge on any atom is -0.317 e. The van der Waals surface area contributed by atoms with Crippen LogP contribution in [0.1, 0.15) is 58.3 Å². The van der Waals surface area contributed by atoms with E-state index in [0.717, 1.165) is 23.8 Å². The fourth-order valence-electron chi connectivity index (χ4n) is 3.68. The summed E-state index contributed by atoms with van der Waals surface area (Å²) in [6, 6.07) is 0.822. The minimum atomic E-state index is 0.822. The van der Waals surface area contributed by atoms with Gasteiger partial charge in [0.25, 0.3) is 0 Å². The Balaban J connectivity index is 1.82. The molecule has 0 aromatic carbocycles. The smallest absolute Gasteiger partial charge is 0.00668 e. The van der Waals surface area contributed by atoms with Crippen LogP contribution in [0.5, 0.6) is 0 Å². The first-order valence-corrected chi connectivity index (χ1v) is 6.97. The van der Waals surface area contributed by atoms with E-state index in [-0.39, 0.29) is 0 Å². The lowest BCUT2D eigenvalue weighted by atomic mass is 9.70. The van der Waals surface area contributed by atoms with E-state index in [1.165, 1.54) is 51.4 Å². The first kappa shape index (κ1) is 11.4. The molecular formula is C14H27N. The molecule has 0 saturated heterocycles. The zero-order valence-corrected chi connectivity index (χ0v) is 10.5. The van der Waals surface area contributed by atoms with Crippen molar-refractivity contribution in [3.63, 3.8) is 0 Å². The van der Waals surface area contributed by atoms with Crippen molar-refractivity contribution in [1.82, 2.24) is 5.32 Å². The second kappa shape index (κ2) is 5.34. The van der Waals surface area contributed by atoms with Crippen molar-refractivity contribution in [2.45, 2.75) is 64.3 Å². The van der Waals surface area contributed by atoms with E-state index in [1.54, 1.807) is 0 Å². The third kappa shape index (κ3) is 2.96. The topological polar surface area (TPSA) is 12.0 Å². The van der Waals surface area contributed by atoms with Crippen molar-refractivity contribution in [3.8, 4) is 0 Å². The van der Waals surface area contributed by atoms with Crippen LogP contribution in [-0.2, 0) is 0 Å². The van der Waals surface area contributed by atoms with Crippen molar-refractivity contribution in [2.24, 2.45) is 17.8 Å². The van der Waals surface area contributed by atoms with Crippen LogP contribution in [0.25, 0.3) is 0 Å². The molecule has 0 bridgehead atoms. The number of rotatable bonds is 2. The third-order valence-electron chi connectivity index (χ3n) is 4.85. The average molecular weight is 209 g/mol. The van der Waals surface area contributed by atoms with Crippen LogP contribution in [0.15, 0.2) is 0 Å². The first-order chi connectivity index (χ1) is 7.29. The Labute approximate surface area is 95.0 Å². The van der Waals surface area contributed by atoms with Crippen LogP contribution in [0, 0.1) is 17.8 Å². The maximum atomic E-state index is 3.48. The van der Waals surface area contributed by atoms with Crippen molar-refractivity contribution >= 4 is 0 Å². The molecule has 2 aliphatic carbocycles. The van der Waals surface area contributed by atoms with Gasteiger partial charge in [0.1, 0.15) is 0 Å². The van der Waals surface area contributed by atoms with Crippen LogP contribution < -0.4 is 5.32 Å². The fourth-order valence-corrected chi connectivity index (χ4v) is 3.68. The summed E-state index contributed by atoms with van der Waals surface area (Å²) in [5.41, 5.74) is 0. The Morgan fingerprint density at radius 3 is 2.27 bits per heavy atom. The third-order valence-corrected chi connectivity index (χ3v) is 4.85. The summed E-state index contributed by atoms with van der Waals surface area (Å²) in [6.45, 7) is 2.42. The molecule has 15 heavy (non-hydrogen) atoms. The van der Waals surface area contributed by atoms with Gasteiger partial charge in [-0.1, -0.05) is 32.6 Å². The monoisotopic (exact) mass is 209 g/mol. The number of hydrogen-bond donors (Lipinski definition) is 1. The van der Waals surface area contributed by atoms with Gasteiger partial charge in [0.15, 0.2) is 0 Å². The van der Waals surface area contributed by atoms with E-state index in [2.05, 4.69) is 19.3 Å². The largest absolute Gasteiger partial charge is 0.317 e. The normalized spacial score (nSPS) is 42.8. The zero-order chi connectivity index (χ0) is 10.7. The maximum Gasteiger partial charge on any atom is 0.00668 e. The van der Waals surface area contributed by atoms with E-state index in [0.29, 0.717) is 0 Å². The van der Waals surface area contributed by atoms with E-state index < -0.39 is 0 Å². The van der Waals surface area contributed by atoms with Gasteiger partial charge in [-0.3, -0.25) is 0 Å². The summed E-state index contributed by atoms with van der Waals surface area (Å²) in [4.78, 5) is 0. The Kier molecular flexibility index (Phi) is 4.07. The quantitative estimate of drug-likeness (QED) is 0.733.